The maximum absolute atomic E-state index is 12.1. The second kappa shape index (κ2) is 9.58. The van der Waals surface area contributed by atoms with Crippen LogP contribution < -0.4 is 5.32 Å². The van der Waals surface area contributed by atoms with Crippen molar-refractivity contribution >= 4 is 12.0 Å². The second-order valence-corrected chi connectivity index (χ2v) is 5.77. The summed E-state index contributed by atoms with van der Waals surface area (Å²) in [6, 6.07) is -0.180. The van der Waals surface area contributed by atoms with Crippen molar-refractivity contribution in [3.05, 3.63) is 0 Å². The third kappa shape index (κ3) is 7.99. The van der Waals surface area contributed by atoms with Crippen molar-refractivity contribution in [1.29, 1.82) is 0 Å². The van der Waals surface area contributed by atoms with Crippen LogP contribution in [0.2, 0.25) is 0 Å². The van der Waals surface area contributed by atoms with E-state index in [1.54, 1.807) is 4.90 Å². The average Bonchev–Trinajstić information content (AvgIpc) is 2.33. The number of carboxylic acids is 1. The van der Waals surface area contributed by atoms with E-state index in [1.165, 1.54) is 0 Å². The largest absolute Gasteiger partial charge is 0.481 e. The number of urea groups is 1. The third-order valence-electron chi connectivity index (χ3n) is 3.03. The molecule has 0 aliphatic carbocycles. The number of carbonyl (C=O) groups is 2. The molecule has 2 amide bonds. The molecule has 118 valence electrons. The fourth-order valence-corrected chi connectivity index (χ4v) is 1.77. The molecule has 1 unspecified atom stereocenters. The van der Waals surface area contributed by atoms with E-state index < -0.39 is 11.9 Å². The number of carboxylic acid groups (broad SMARTS) is 1. The number of rotatable bonds is 9. The van der Waals surface area contributed by atoms with E-state index in [0.29, 0.717) is 25.4 Å². The molecule has 0 saturated heterocycles. The van der Waals surface area contributed by atoms with E-state index in [1.807, 2.05) is 25.9 Å². The lowest BCUT2D eigenvalue weighted by molar-refractivity contribution is -0.141. The van der Waals surface area contributed by atoms with E-state index in [0.717, 1.165) is 6.54 Å². The van der Waals surface area contributed by atoms with Crippen LogP contribution in [0.4, 0.5) is 4.79 Å². The first kappa shape index (κ1) is 18.7. The minimum Gasteiger partial charge on any atom is -0.481 e. The van der Waals surface area contributed by atoms with Crippen LogP contribution >= 0.6 is 0 Å². The molecule has 2 N–H and O–H groups in total. The Hall–Kier alpha value is -1.30. The third-order valence-corrected chi connectivity index (χ3v) is 3.03. The zero-order chi connectivity index (χ0) is 15.7. The molecule has 0 heterocycles. The lowest BCUT2D eigenvalue weighted by Gasteiger charge is -2.26. The van der Waals surface area contributed by atoms with Crippen LogP contribution in [0.3, 0.4) is 0 Å². The van der Waals surface area contributed by atoms with Crippen LogP contribution in [0.1, 0.15) is 27.2 Å². The standard InChI is InChI=1S/C14H29N3O3/c1-6-12(13(18)19)9-15-14(20)17(10-11(2)3)8-7-16(4)5/h11-12H,6-10H2,1-5H3,(H,15,20)(H,18,19). The first-order chi connectivity index (χ1) is 9.27. The second-order valence-electron chi connectivity index (χ2n) is 5.77. The van der Waals surface area contributed by atoms with E-state index >= 15 is 0 Å². The van der Waals surface area contributed by atoms with Crippen LogP contribution in [0.5, 0.6) is 0 Å². The summed E-state index contributed by atoms with van der Waals surface area (Å²) in [5, 5.41) is 11.7. The first-order valence-electron chi connectivity index (χ1n) is 7.18. The fourth-order valence-electron chi connectivity index (χ4n) is 1.77. The summed E-state index contributed by atoms with van der Waals surface area (Å²) in [5.41, 5.74) is 0. The van der Waals surface area contributed by atoms with Crippen molar-refractivity contribution < 1.29 is 14.7 Å². The summed E-state index contributed by atoms with van der Waals surface area (Å²) in [6.07, 6.45) is 0.511. The number of nitrogens with one attached hydrogen (secondary N) is 1. The van der Waals surface area contributed by atoms with Crippen molar-refractivity contribution in [2.24, 2.45) is 11.8 Å². The van der Waals surface area contributed by atoms with Crippen molar-refractivity contribution in [3.63, 3.8) is 0 Å². The highest BCUT2D eigenvalue weighted by molar-refractivity contribution is 5.76. The van der Waals surface area contributed by atoms with Gasteiger partial charge in [0.1, 0.15) is 0 Å². The summed E-state index contributed by atoms with van der Waals surface area (Å²) in [6.45, 7) is 8.20. The van der Waals surface area contributed by atoms with Gasteiger partial charge in [0.2, 0.25) is 0 Å². The van der Waals surface area contributed by atoms with Crippen LogP contribution in [0, 0.1) is 11.8 Å². The number of hydrogen-bond acceptors (Lipinski definition) is 3. The van der Waals surface area contributed by atoms with E-state index in [9.17, 15) is 9.59 Å². The normalized spacial score (nSPS) is 12.6. The van der Waals surface area contributed by atoms with Gasteiger partial charge in [-0.25, -0.2) is 4.79 Å². The summed E-state index contributed by atoms with van der Waals surface area (Å²) < 4.78 is 0. The van der Waals surface area contributed by atoms with Gasteiger partial charge in [-0.05, 0) is 26.4 Å². The van der Waals surface area contributed by atoms with Gasteiger partial charge in [0.15, 0.2) is 0 Å². The van der Waals surface area contributed by atoms with Crippen molar-refractivity contribution in [2.45, 2.75) is 27.2 Å². The number of nitrogens with zero attached hydrogens (tertiary/aromatic N) is 2. The van der Waals surface area contributed by atoms with E-state index in [4.69, 9.17) is 5.11 Å². The summed E-state index contributed by atoms with van der Waals surface area (Å²) in [7, 11) is 3.92. The molecule has 0 fully saturated rings. The number of carbonyl (C=O) groups excluding carboxylic acids is 1. The molecule has 0 spiro atoms. The molecular formula is C14H29N3O3. The molecular weight excluding hydrogens is 258 g/mol. The molecule has 6 heteroatoms. The van der Waals surface area contributed by atoms with E-state index in [-0.39, 0.29) is 12.6 Å². The van der Waals surface area contributed by atoms with Gasteiger partial charge in [-0.3, -0.25) is 4.79 Å². The molecule has 0 radical (unpaired) electrons. The zero-order valence-corrected chi connectivity index (χ0v) is 13.3. The SMILES string of the molecule is CCC(CNC(=O)N(CCN(C)C)CC(C)C)C(=O)O. The average molecular weight is 287 g/mol. The van der Waals surface area contributed by atoms with Crippen LogP contribution in [0.25, 0.3) is 0 Å². The monoisotopic (exact) mass is 287 g/mol. The number of aliphatic carboxylic acids is 1. The molecule has 1 atom stereocenters. The molecule has 0 rings (SSSR count). The van der Waals surface area contributed by atoms with Crippen molar-refractivity contribution in [3.8, 4) is 0 Å². The van der Waals surface area contributed by atoms with Crippen molar-refractivity contribution in [1.82, 2.24) is 15.1 Å². The predicted octanol–water partition coefficient (Wildman–Crippen LogP) is 1.33. The Bertz CT molecular complexity index is 306. The minimum atomic E-state index is -0.864. The quantitative estimate of drug-likeness (QED) is 0.671. The van der Waals surface area contributed by atoms with Gasteiger partial charge in [-0.2, -0.15) is 0 Å². The molecule has 0 aliphatic heterocycles. The Labute approximate surface area is 122 Å². The maximum atomic E-state index is 12.1. The van der Waals surface area contributed by atoms with Gasteiger partial charge in [0.05, 0.1) is 5.92 Å². The predicted molar refractivity (Wildman–Crippen MR) is 79.8 cm³/mol. The Kier molecular flexibility index (Phi) is 8.96. The summed E-state index contributed by atoms with van der Waals surface area (Å²) in [5.74, 6) is -1.01. The van der Waals surface area contributed by atoms with Gasteiger partial charge in [0.25, 0.3) is 0 Å². The molecule has 0 aliphatic rings. The maximum Gasteiger partial charge on any atom is 0.317 e. The molecule has 6 nitrogen and oxygen atoms in total. The highest BCUT2D eigenvalue weighted by Crippen LogP contribution is 2.03. The molecule has 0 aromatic carbocycles. The van der Waals surface area contributed by atoms with E-state index in [2.05, 4.69) is 19.2 Å². The fraction of sp³-hybridized carbons (Fsp3) is 0.857. The first-order valence-corrected chi connectivity index (χ1v) is 7.18. The van der Waals surface area contributed by atoms with Crippen molar-refractivity contribution in [2.75, 3.05) is 40.3 Å². The lowest BCUT2D eigenvalue weighted by Crippen LogP contribution is -2.46. The van der Waals surface area contributed by atoms with Gasteiger partial charge >= 0.3 is 12.0 Å². The van der Waals surface area contributed by atoms with Gasteiger partial charge < -0.3 is 20.2 Å². The molecule has 0 aromatic heterocycles. The molecule has 0 bridgehead atoms. The van der Waals surface area contributed by atoms with Crippen LogP contribution in [0.15, 0.2) is 0 Å². The number of likely N-dealkylation sites (N-methyl/N-ethyl adjacent to an activating group) is 1. The Morgan fingerprint density at radius 2 is 1.80 bits per heavy atom. The topological polar surface area (TPSA) is 72.9 Å². The lowest BCUT2D eigenvalue weighted by atomic mass is 10.1. The van der Waals surface area contributed by atoms with Gasteiger partial charge in [-0.15, -0.1) is 0 Å². The summed E-state index contributed by atoms with van der Waals surface area (Å²) >= 11 is 0. The highest BCUT2D eigenvalue weighted by Gasteiger charge is 2.19. The molecule has 0 saturated carbocycles. The molecule has 0 aromatic rings. The molecule has 20 heavy (non-hydrogen) atoms. The summed E-state index contributed by atoms with van der Waals surface area (Å²) in [4.78, 5) is 26.8. The van der Waals surface area contributed by atoms with Gasteiger partial charge in [0, 0.05) is 26.2 Å². The number of amides is 2. The Morgan fingerprint density at radius 1 is 1.20 bits per heavy atom. The Balaban J connectivity index is 4.42. The van der Waals surface area contributed by atoms with Gasteiger partial charge in [-0.1, -0.05) is 20.8 Å². The highest BCUT2D eigenvalue weighted by atomic mass is 16.4. The van der Waals surface area contributed by atoms with Crippen LogP contribution in [-0.2, 0) is 4.79 Å². The number of hydrogen-bond donors (Lipinski definition) is 2. The Morgan fingerprint density at radius 3 is 2.20 bits per heavy atom. The van der Waals surface area contributed by atoms with Crippen LogP contribution in [-0.4, -0.2) is 67.2 Å². The zero-order valence-electron chi connectivity index (χ0n) is 13.3. The minimum absolute atomic E-state index is 0.180. The smallest absolute Gasteiger partial charge is 0.317 e.